The van der Waals surface area contributed by atoms with Crippen LogP contribution in [0.1, 0.15) is 104 Å². The first-order chi connectivity index (χ1) is 18.1. The summed E-state index contributed by atoms with van der Waals surface area (Å²) in [5, 5.41) is 18.2. The van der Waals surface area contributed by atoms with Gasteiger partial charge in [0, 0.05) is 12.8 Å². The Morgan fingerprint density at radius 1 is 0.692 bits per heavy atom. The number of Topliss-reactive ketones (excluding diaryl/α,β-unsaturated/α-hetero) is 1. The predicted molar refractivity (Wildman–Crippen MR) is 136 cm³/mol. The van der Waals surface area contributed by atoms with Crippen LogP contribution >= 0.6 is 0 Å². The monoisotopic (exact) mass is 576 g/mol. The average Bonchev–Trinajstić information content (AvgIpc) is 3.67. The van der Waals surface area contributed by atoms with Gasteiger partial charge in [-0.15, -0.1) is 0 Å². The van der Waals surface area contributed by atoms with Crippen LogP contribution in [-0.2, 0) is 33.4 Å². The third-order valence-electron chi connectivity index (χ3n) is 7.60. The molecule has 0 amide bonds. The zero-order chi connectivity index (χ0) is 28.1. The van der Waals surface area contributed by atoms with Crippen molar-refractivity contribution >= 4 is 29.7 Å². The van der Waals surface area contributed by atoms with Gasteiger partial charge < -0.3 is 24.5 Å². The molecule has 0 saturated heterocycles. The quantitative estimate of drug-likeness (QED) is 0.159. The molecule has 0 heterocycles. The van der Waals surface area contributed by atoms with E-state index in [-0.39, 0.29) is 76.2 Å². The molecule has 4 fully saturated rings. The molecule has 4 saturated carbocycles. The summed E-state index contributed by atoms with van der Waals surface area (Å²) in [6.45, 7) is 3.93. The van der Waals surface area contributed by atoms with E-state index in [2.05, 4.69) is 4.74 Å². The summed E-state index contributed by atoms with van der Waals surface area (Å²) >= 11 is 0. The number of carboxylic acid groups (broad SMARTS) is 2. The number of carboxylic acids is 2. The molecule has 39 heavy (non-hydrogen) atoms. The molecule has 0 atom stereocenters. The summed E-state index contributed by atoms with van der Waals surface area (Å²) in [5.41, 5.74) is 0. The summed E-state index contributed by atoms with van der Waals surface area (Å²) in [5.74, 6) is 2.00. The summed E-state index contributed by atoms with van der Waals surface area (Å²) in [6, 6.07) is 0. The van der Waals surface area contributed by atoms with E-state index in [0.29, 0.717) is 19.4 Å². The molecule has 0 aliphatic heterocycles. The minimum atomic E-state index is -1.41. The van der Waals surface area contributed by atoms with E-state index in [9.17, 15) is 29.1 Å². The minimum absolute atomic E-state index is 0. The van der Waals surface area contributed by atoms with Crippen molar-refractivity contribution in [3.05, 3.63) is 0 Å². The molecule has 0 radical (unpaired) electrons. The maximum absolute atomic E-state index is 11.6. The number of hydrogen-bond acceptors (Lipinski definition) is 8. The van der Waals surface area contributed by atoms with Crippen molar-refractivity contribution in [2.75, 3.05) is 13.2 Å². The van der Waals surface area contributed by atoms with Crippen molar-refractivity contribution in [1.29, 1.82) is 0 Å². The molecule has 9 nitrogen and oxygen atoms in total. The van der Waals surface area contributed by atoms with Crippen LogP contribution in [0.3, 0.4) is 0 Å². The molecular formula is C29H45KO9. The fraction of sp³-hybridized carbons (Fsp3) is 0.828. The van der Waals surface area contributed by atoms with Crippen LogP contribution in [0.15, 0.2) is 0 Å². The van der Waals surface area contributed by atoms with Gasteiger partial charge >= 0.3 is 69.3 Å². The van der Waals surface area contributed by atoms with Crippen molar-refractivity contribution in [1.82, 2.24) is 0 Å². The fourth-order valence-corrected chi connectivity index (χ4v) is 5.22. The Labute approximate surface area is 274 Å². The summed E-state index contributed by atoms with van der Waals surface area (Å²) in [4.78, 5) is 53.0. The average molecular weight is 577 g/mol. The normalized spacial score (nSPS) is 17.5. The van der Waals surface area contributed by atoms with Crippen molar-refractivity contribution in [2.24, 2.45) is 35.5 Å². The van der Waals surface area contributed by atoms with Gasteiger partial charge in [0.15, 0.2) is 0 Å². The second-order valence-corrected chi connectivity index (χ2v) is 11.0. The van der Waals surface area contributed by atoms with Crippen LogP contribution < -0.4 is 56.5 Å². The van der Waals surface area contributed by atoms with Crippen LogP contribution in [0.5, 0.6) is 0 Å². The molecule has 1 N–H and O–H groups in total. The number of ketones is 1. The molecule has 0 bridgehead atoms. The zero-order valence-electron chi connectivity index (χ0n) is 24.0. The first-order valence-electron chi connectivity index (χ1n) is 14.4. The van der Waals surface area contributed by atoms with Crippen LogP contribution in [-0.4, -0.2) is 48.0 Å². The molecule has 0 aromatic heterocycles. The molecular weight excluding hydrogens is 531 g/mol. The summed E-state index contributed by atoms with van der Waals surface area (Å²) < 4.78 is 9.07. The van der Waals surface area contributed by atoms with Gasteiger partial charge in [-0.3, -0.25) is 19.2 Å². The van der Waals surface area contributed by atoms with E-state index < -0.39 is 24.3 Å². The second-order valence-electron chi connectivity index (χ2n) is 11.0. The van der Waals surface area contributed by atoms with Crippen LogP contribution in [0.2, 0.25) is 0 Å². The Kier molecular flexibility index (Phi) is 18.0. The van der Waals surface area contributed by atoms with Crippen molar-refractivity contribution in [3.8, 4) is 0 Å². The van der Waals surface area contributed by atoms with E-state index >= 15 is 0 Å². The molecule has 4 aliphatic carbocycles. The van der Waals surface area contributed by atoms with Gasteiger partial charge in [-0.25, -0.2) is 0 Å². The Morgan fingerprint density at radius 2 is 1.05 bits per heavy atom. The molecule has 10 heteroatoms. The summed E-state index contributed by atoms with van der Waals surface area (Å²) in [7, 11) is 0. The number of carbonyl (C=O) groups is 5. The molecule has 0 spiro atoms. The Hall–Kier alpha value is -0.814. The molecule has 0 aromatic rings. The van der Waals surface area contributed by atoms with E-state index in [0.717, 1.165) is 48.3 Å². The van der Waals surface area contributed by atoms with Gasteiger partial charge in [0.1, 0.15) is 12.2 Å². The minimum Gasteiger partial charge on any atom is -0.550 e. The largest absolute Gasteiger partial charge is 1.00 e. The topological polar surface area (TPSA) is 147 Å². The Bertz CT molecular complexity index is 775. The molecule has 0 unspecified atom stereocenters. The maximum atomic E-state index is 11.6. The van der Waals surface area contributed by atoms with E-state index in [1.54, 1.807) is 13.8 Å². The molecule has 0 aromatic carbocycles. The standard InChI is InChI=1S/C14H22O3.C10H16O2.C5H8O4.K/c1-2-17-14(16)9-12(15)7-8-13(10-3-4-10)11-5-6-11;11-10(12)6-5-9(7-1-2-7)8-3-4-8;1-2-9-5(8)3-4(6)7;/h10-11,13H,2-9H2,1H3;7-9H,1-6H2,(H,11,12);2-3H2,1H3,(H,6,7);/q;;;+1/p-1. The van der Waals surface area contributed by atoms with Gasteiger partial charge in [-0.2, -0.15) is 0 Å². The van der Waals surface area contributed by atoms with Crippen molar-refractivity contribution in [3.63, 3.8) is 0 Å². The Morgan fingerprint density at radius 3 is 1.36 bits per heavy atom. The number of hydrogen-bond donors (Lipinski definition) is 1. The molecule has 4 aliphatic rings. The third kappa shape index (κ3) is 17.6. The number of ether oxygens (including phenoxy) is 2. The Balaban J connectivity index is 0.000000305. The van der Waals surface area contributed by atoms with Gasteiger partial charge in [0.05, 0.1) is 25.6 Å². The van der Waals surface area contributed by atoms with Gasteiger partial charge in [-0.05, 0) is 114 Å². The summed E-state index contributed by atoms with van der Waals surface area (Å²) in [6.07, 6.45) is 13.1. The van der Waals surface area contributed by atoms with Crippen LogP contribution in [0.25, 0.3) is 0 Å². The van der Waals surface area contributed by atoms with E-state index in [1.807, 2.05) is 0 Å². The first-order valence-corrected chi connectivity index (χ1v) is 14.4. The number of carbonyl (C=O) groups excluding carboxylic acids is 4. The smallest absolute Gasteiger partial charge is 0.550 e. The molecule has 4 rings (SSSR count). The second kappa shape index (κ2) is 19.3. The number of esters is 2. The molecule has 216 valence electrons. The van der Waals surface area contributed by atoms with Crippen LogP contribution in [0, 0.1) is 35.5 Å². The van der Waals surface area contributed by atoms with Crippen LogP contribution in [0.4, 0.5) is 0 Å². The van der Waals surface area contributed by atoms with Gasteiger partial charge in [0.25, 0.3) is 0 Å². The fourth-order valence-electron chi connectivity index (χ4n) is 5.22. The van der Waals surface area contributed by atoms with Gasteiger partial charge in [-0.1, -0.05) is 0 Å². The SMILES string of the molecule is CCOC(=O)CC(=O)CCC(C1CC1)C1CC1.CCOC(=O)CC(=O)[O-].O=C(O)CCC(C1CC1)C1CC1.[K+]. The predicted octanol–water partition coefficient (Wildman–Crippen LogP) is 0.706. The number of aliphatic carboxylic acids is 2. The van der Waals surface area contributed by atoms with Gasteiger partial charge in [0.2, 0.25) is 0 Å². The van der Waals surface area contributed by atoms with E-state index in [4.69, 9.17) is 9.84 Å². The van der Waals surface area contributed by atoms with Crippen molar-refractivity contribution in [2.45, 2.75) is 104 Å². The van der Waals surface area contributed by atoms with Crippen molar-refractivity contribution < 1.29 is 95.0 Å². The number of rotatable bonds is 16. The first kappa shape index (κ1) is 36.2. The third-order valence-corrected chi connectivity index (χ3v) is 7.60. The zero-order valence-corrected chi connectivity index (χ0v) is 27.1. The van der Waals surface area contributed by atoms with E-state index in [1.165, 1.54) is 51.4 Å². The maximum Gasteiger partial charge on any atom is 1.00 e.